The first-order valence-corrected chi connectivity index (χ1v) is 15.2. The van der Waals surface area contributed by atoms with Gasteiger partial charge in [-0.2, -0.15) is 16.4 Å². The molecule has 2 aromatic heterocycles. The first-order valence-electron chi connectivity index (χ1n) is 14.2. The summed E-state index contributed by atoms with van der Waals surface area (Å²) in [5.74, 6) is -0.306. The molecule has 1 aliphatic heterocycles. The van der Waals surface area contributed by atoms with Gasteiger partial charge in [0.05, 0.1) is 65.6 Å². The molecule has 12 radical (unpaired) electrons. The quantitative estimate of drug-likeness (QED) is 0.406. The number of aromatic nitrogens is 2. The molecule has 2 aliphatic rings. The van der Waals surface area contributed by atoms with Crippen LogP contribution in [0.4, 0.5) is 0 Å². The summed E-state index contributed by atoms with van der Waals surface area (Å²) >= 11 is 1.50. The fourth-order valence-electron chi connectivity index (χ4n) is 5.96. The van der Waals surface area contributed by atoms with Gasteiger partial charge >= 0.3 is 0 Å². The minimum absolute atomic E-state index is 0.0561. The maximum atomic E-state index is 14.4. The summed E-state index contributed by atoms with van der Waals surface area (Å²) in [4.78, 5) is 28.5. The Bertz CT molecular complexity index is 1590. The Morgan fingerprint density at radius 1 is 1.18 bits per heavy atom. The van der Waals surface area contributed by atoms with Crippen molar-refractivity contribution in [1.29, 1.82) is 0 Å². The zero-order chi connectivity index (χ0) is 32.0. The van der Waals surface area contributed by atoms with E-state index in [2.05, 4.69) is 5.32 Å². The standard InChI is InChI=1S/C29H28B6N4O4S/c1-15(2)9-17-11-20-23(12-22(17)42-3)43-13-21-24(37-39(25(20)21)19-7-8-44-14-19)27(41)38(29(33,34)35)18-6-4-5-16(10-18)26(40)36-28(30,31)32/h7-9,11-12,14,16,18H,4-6,10,13H2,1-3H3,(H,36,40)/t16-,18+/m0/s1. The van der Waals surface area contributed by atoms with Crippen LogP contribution >= 0.6 is 11.3 Å². The zero-order valence-electron chi connectivity index (χ0n) is 25.0. The number of hydrogen-bond acceptors (Lipinski definition) is 6. The number of benzene rings is 1. The largest absolute Gasteiger partial charge is 0.496 e. The lowest BCUT2D eigenvalue weighted by atomic mass is 9.47. The maximum Gasteiger partial charge on any atom is 0.273 e. The Morgan fingerprint density at radius 2 is 1.93 bits per heavy atom. The Kier molecular flexibility index (Phi) is 9.00. The van der Waals surface area contributed by atoms with E-state index < -0.39 is 34.2 Å². The highest BCUT2D eigenvalue weighted by Crippen LogP contribution is 2.44. The smallest absolute Gasteiger partial charge is 0.273 e. The van der Waals surface area contributed by atoms with Crippen LogP contribution in [-0.4, -0.2) is 97.2 Å². The predicted octanol–water partition coefficient (Wildman–Crippen LogP) is 2.28. The van der Waals surface area contributed by atoms with Crippen molar-refractivity contribution < 1.29 is 19.1 Å². The summed E-state index contributed by atoms with van der Waals surface area (Å²) in [5.41, 5.74) is 4.79. The molecule has 0 bridgehead atoms. The summed E-state index contributed by atoms with van der Waals surface area (Å²) in [6.45, 7) is 4.05. The third-order valence-corrected chi connectivity index (χ3v) is 8.37. The lowest BCUT2D eigenvalue weighted by molar-refractivity contribution is -0.126. The van der Waals surface area contributed by atoms with Crippen molar-refractivity contribution in [3.63, 3.8) is 0 Å². The highest BCUT2D eigenvalue weighted by atomic mass is 32.1. The van der Waals surface area contributed by atoms with Crippen molar-refractivity contribution in [1.82, 2.24) is 20.0 Å². The highest BCUT2D eigenvalue weighted by Gasteiger charge is 2.41. The molecule has 1 aromatic carbocycles. The lowest BCUT2D eigenvalue weighted by Gasteiger charge is -2.46. The first-order chi connectivity index (χ1) is 20.7. The van der Waals surface area contributed by atoms with E-state index in [9.17, 15) is 9.59 Å². The van der Waals surface area contributed by atoms with Gasteiger partial charge in [0.1, 0.15) is 18.1 Å². The van der Waals surface area contributed by atoms with Crippen LogP contribution in [0, 0.1) is 5.92 Å². The fourth-order valence-corrected chi connectivity index (χ4v) is 6.57. The number of hydrogen-bond donors (Lipinski definition) is 1. The van der Waals surface area contributed by atoms with Crippen molar-refractivity contribution in [3.8, 4) is 28.4 Å². The molecule has 1 saturated carbocycles. The molecule has 2 atom stereocenters. The van der Waals surface area contributed by atoms with Gasteiger partial charge < -0.3 is 19.7 Å². The number of ether oxygens (including phenoxy) is 2. The van der Waals surface area contributed by atoms with Gasteiger partial charge in [0.25, 0.3) is 5.91 Å². The van der Waals surface area contributed by atoms with E-state index in [1.807, 2.05) is 48.9 Å². The van der Waals surface area contributed by atoms with E-state index in [0.29, 0.717) is 42.0 Å². The summed E-state index contributed by atoms with van der Waals surface area (Å²) in [6.07, 6.45) is 3.89. The number of nitrogens with one attached hydrogen (secondary N) is 1. The molecular formula is C29H28B6N4O4S. The second-order valence-corrected chi connectivity index (χ2v) is 12.5. The predicted molar refractivity (Wildman–Crippen MR) is 177 cm³/mol. The zero-order valence-corrected chi connectivity index (χ0v) is 25.8. The Morgan fingerprint density at radius 3 is 2.55 bits per heavy atom. The molecule has 5 rings (SSSR count). The number of carbonyl (C=O) groups excluding carboxylic acids is 2. The molecule has 3 aromatic rings. The van der Waals surface area contributed by atoms with Gasteiger partial charge in [0.15, 0.2) is 5.69 Å². The third kappa shape index (κ3) is 6.58. The second-order valence-electron chi connectivity index (χ2n) is 11.7. The molecule has 44 heavy (non-hydrogen) atoms. The molecule has 8 nitrogen and oxygen atoms in total. The van der Waals surface area contributed by atoms with Crippen LogP contribution in [0.3, 0.4) is 0 Å². The average Bonchev–Trinajstić information content (AvgIpc) is 3.59. The monoisotopic (exact) mass is 594 g/mol. The van der Waals surface area contributed by atoms with Gasteiger partial charge in [-0.15, -0.1) is 0 Å². The van der Waals surface area contributed by atoms with Gasteiger partial charge in [-0.25, -0.2) is 4.68 Å². The van der Waals surface area contributed by atoms with Gasteiger partial charge in [0.2, 0.25) is 5.91 Å². The molecule has 1 fully saturated rings. The van der Waals surface area contributed by atoms with Crippen LogP contribution < -0.4 is 14.8 Å². The van der Waals surface area contributed by atoms with Crippen LogP contribution in [0.25, 0.3) is 23.0 Å². The van der Waals surface area contributed by atoms with Crippen LogP contribution in [0.5, 0.6) is 11.5 Å². The minimum Gasteiger partial charge on any atom is -0.496 e. The van der Waals surface area contributed by atoms with Crippen molar-refractivity contribution in [2.45, 2.75) is 62.7 Å². The number of thiophene rings is 1. The minimum atomic E-state index is -2.06. The van der Waals surface area contributed by atoms with Crippen molar-refractivity contribution in [2.75, 3.05) is 7.11 Å². The van der Waals surface area contributed by atoms with E-state index in [1.54, 1.807) is 11.8 Å². The third-order valence-electron chi connectivity index (χ3n) is 7.70. The fraction of sp³-hybridized carbons (Fsp3) is 0.414. The SMILES string of the molecule is [B]C([B])([B])NC(=O)[C@H]1CCC[C@@H](N(C(=O)c2nn(-c3ccsc3)c3c2COc2cc(OC)c(C=C(C)C)cc2-3)C([B])([B])[B])C1. The number of methoxy groups -OCH3 is 1. The van der Waals surface area contributed by atoms with Gasteiger partial charge in [0, 0.05) is 40.1 Å². The number of fused-ring (bicyclic) bond motifs is 3. The van der Waals surface area contributed by atoms with Gasteiger partial charge in [-0.1, -0.05) is 28.5 Å². The van der Waals surface area contributed by atoms with E-state index >= 15 is 0 Å². The van der Waals surface area contributed by atoms with Gasteiger partial charge in [-0.05, 0) is 50.6 Å². The Balaban J connectivity index is 1.60. The van der Waals surface area contributed by atoms with E-state index in [1.165, 1.54) is 16.2 Å². The molecule has 0 spiro atoms. The van der Waals surface area contributed by atoms with Crippen molar-refractivity contribution >= 4 is 76.3 Å². The van der Waals surface area contributed by atoms with E-state index in [4.69, 9.17) is 61.7 Å². The number of rotatable bonds is 8. The summed E-state index contributed by atoms with van der Waals surface area (Å²) < 4.78 is 13.5. The highest BCUT2D eigenvalue weighted by molar-refractivity contribution is 7.08. The van der Waals surface area contributed by atoms with Crippen LogP contribution in [-0.2, 0) is 11.4 Å². The van der Waals surface area contributed by atoms with Crippen LogP contribution in [0.1, 0.15) is 61.1 Å². The first kappa shape index (κ1) is 32.2. The lowest BCUT2D eigenvalue weighted by Crippen LogP contribution is -2.60. The number of amides is 2. The molecular weight excluding hydrogens is 565 g/mol. The molecule has 1 aliphatic carbocycles. The Hall–Kier alpha value is -3.20. The topological polar surface area (TPSA) is 85.7 Å². The van der Waals surface area contributed by atoms with Gasteiger partial charge in [-0.3, -0.25) is 9.59 Å². The molecule has 1 N–H and O–H groups in total. The van der Waals surface area contributed by atoms with Crippen molar-refractivity contribution in [3.05, 3.63) is 51.4 Å². The maximum absolute atomic E-state index is 14.4. The molecule has 3 heterocycles. The Labute approximate surface area is 270 Å². The summed E-state index contributed by atoms with van der Waals surface area (Å²) in [5, 5.41) is 7.13. The molecule has 0 saturated heterocycles. The van der Waals surface area contributed by atoms with Crippen LogP contribution in [0.15, 0.2) is 34.5 Å². The second kappa shape index (κ2) is 12.3. The molecule has 212 valence electrons. The molecule has 0 unspecified atom stereocenters. The molecule has 2 amide bonds. The number of allylic oxidation sites excluding steroid dienone is 1. The number of nitrogens with zero attached hydrogens (tertiary/aromatic N) is 3. The van der Waals surface area contributed by atoms with E-state index in [0.717, 1.165) is 22.4 Å². The number of carbonyl (C=O) groups is 2. The normalized spacial score (nSPS) is 17.9. The van der Waals surface area contributed by atoms with Crippen molar-refractivity contribution in [2.24, 2.45) is 5.92 Å². The summed E-state index contributed by atoms with van der Waals surface area (Å²) in [6, 6.07) is 5.13. The van der Waals surface area contributed by atoms with E-state index in [-0.39, 0.29) is 18.7 Å². The van der Waals surface area contributed by atoms with Crippen LogP contribution in [0.2, 0.25) is 0 Å². The average molecular weight is 594 g/mol. The molecule has 15 heteroatoms. The summed E-state index contributed by atoms with van der Waals surface area (Å²) in [7, 11) is 37.1.